The molecule has 0 atom stereocenters. The molecule has 0 aliphatic rings. The summed E-state index contributed by atoms with van der Waals surface area (Å²) < 4.78 is 26.2. The Morgan fingerprint density at radius 2 is 1.12 bits per heavy atom. The fourth-order valence-electron chi connectivity index (χ4n) is 1.74. The number of unbranched alkanes of at least 4 members (excludes halogenated alkanes) is 3. The zero-order valence-corrected chi connectivity index (χ0v) is 15.2. The van der Waals surface area contributed by atoms with Crippen molar-refractivity contribution in [2.45, 2.75) is 25.7 Å². The molecule has 0 spiro atoms. The van der Waals surface area contributed by atoms with Crippen LogP contribution < -0.4 is 0 Å². The van der Waals surface area contributed by atoms with Gasteiger partial charge in [-0.2, -0.15) is 0 Å². The summed E-state index contributed by atoms with van der Waals surface area (Å²) in [7, 11) is 0. The maximum atomic E-state index is 10.8. The molecule has 0 radical (unpaired) electrons. The van der Waals surface area contributed by atoms with Gasteiger partial charge in [0.2, 0.25) is 0 Å². The van der Waals surface area contributed by atoms with Crippen LogP contribution in [0.1, 0.15) is 25.7 Å². The Morgan fingerprint density at radius 1 is 0.640 bits per heavy atom. The van der Waals surface area contributed by atoms with Gasteiger partial charge in [0.25, 0.3) is 0 Å². The normalized spacial score (nSPS) is 10.2. The molecule has 0 saturated carbocycles. The third-order valence-electron chi connectivity index (χ3n) is 3.08. The first-order valence-corrected chi connectivity index (χ1v) is 8.67. The van der Waals surface area contributed by atoms with Gasteiger partial charge in [-0.15, -0.1) is 0 Å². The Hall–Kier alpha value is -1.63. The first-order chi connectivity index (χ1) is 12.2. The van der Waals surface area contributed by atoms with Crippen LogP contribution in [0.5, 0.6) is 0 Å². The number of esters is 1. The van der Waals surface area contributed by atoms with Gasteiger partial charge in [0.15, 0.2) is 0 Å². The van der Waals surface area contributed by atoms with E-state index in [1.165, 1.54) is 0 Å². The Labute approximate surface area is 151 Å². The fraction of sp³-hybridized carbons (Fsp3) is 0.632. The SMILES string of the molecule is C=CC(=C)OCCOCCOCCCCCCOCCOC(=O)C=C. The van der Waals surface area contributed by atoms with E-state index < -0.39 is 5.97 Å². The summed E-state index contributed by atoms with van der Waals surface area (Å²) in [6.07, 6.45) is 6.93. The van der Waals surface area contributed by atoms with E-state index in [1.54, 1.807) is 6.08 Å². The zero-order valence-electron chi connectivity index (χ0n) is 15.2. The number of hydrogen-bond acceptors (Lipinski definition) is 6. The summed E-state index contributed by atoms with van der Waals surface area (Å²) >= 11 is 0. The molecular weight excluding hydrogens is 324 g/mol. The molecule has 0 unspecified atom stereocenters. The van der Waals surface area contributed by atoms with E-state index in [2.05, 4.69) is 19.7 Å². The Morgan fingerprint density at radius 3 is 1.64 bits per heavy atom. The highest BCUT2D eigenvalue weighted by Crippen LogP contribution is 2.00. The van der Waals surface area contributed by atoms with Crippen molar-refractivity contribution in [1.82, 2.24) is 0 Å². The molecule has 0 amide bonds. The molecule has 0 aliphatic carbocycles. The molecule has 0 bridgehead atoms. The molecular formula is C19H32O6. The van der Waals surface area contributed by atoms with Crippen LogP contribution in [-0.4, -0.2) is 58.8 Å². The van der Waals surface area contributed by atoms with Crippen LogP contribution in [0, 0.1) is 0 Å². The Balaban J connectivity index is 3.07. The van der Waals surface area contributed by atoms with Crippen LogP contribution in [0.2, 0.25) is 0 Å². The summed E-state index contributed by atoms with van der Waals surface area (Å²) in [5, 5.41) is 0. The van der Waals surface area contributed by atoms with Gasteiger partial charge in [-0.05, 0) is 18.9 Å². The van der Waals surface area contributed by atoms with E-state index in [9.17, 15) is 4.79 Å². The van der Waals surface area contributed by atoms with Gasteiger partial charge in [-0.3, -0.25) is 0 Å². The number of carbonyl (C=O) groups excluding carboxylic acids is 1. The van der Waals surface area contributed by atoms with Gasteiger partial charge < -0.3 is 23.7 Å². The molecule has 6 nitrogen and oxygen atoms in total. The second-order valence-corrected chi connectivity index (χ2v) is 5.14. The van der Waals surface area contributed by atoms with E-state index in [4.69, 9.17) is 23.7 Å². The van der Waals surface area contributed by atoms with Crippen molar-refractivity contribution in [3.05, 3.63) is 37.6 Å². The molecule has 0 saturated heterocycles. The van der Waals surface area contributed by atoms with Gasteiger partial charge >= 0.3 is 5.97 Å². The lowest BCUT2D eigenvalue weighted by Gasteiger charge is -2.07. The van der Waals surface area contributed by atoms with Crippen LogP contribution >= 0.6 is 0 Å². The second-order valence-electron chi connectivity index (χ2n) is 5.14. The van der Waals surface area contributed by atoms with E-state index in [1.807, 2.05) is 0 Å². The summed E-state index contributed by atoms with van der Waals surface area (Å²) in [4.78, 5) is 10.8. The molecule has 0 fully saturated rings. The highest BCUT2D eigenvalue weighted by molar-refractivity contribution is 5.81. The van der Waals surface area contributed by atoms with Gasteiger partial charge in [0.05, 0.1) is 26.4 Å². The van der Waals surface area contributed by atoms with Crippen LogP contribution in [-0.2, 0) is 28.5 Å². The summed E-state index contributed by atoms with van der Waals surface area (Å²) in [6.45, 7) is 14.8. The number of ether oxygens (including phenoxy) is 5. The molecule has 6 heteroatoms. The van der Waals surface area contributed by atoms with E-state index >= 15 is 0 Å². The quantitative estimate of drug-likeness (QED) is 0.117. The topological polar surface area (TPSA) is 63.2 Å². The number of allylic oxidation sites excluding steroid dienone is 1. The maximum Gasteiger partial charge on any atom is 0.330 e. The van der Waals surface area contributed by atoms with Crippen molar-refractivity contribution in [3.8, 4) is 0 Å². The van der Waals surface area contributed by atoms with Crippen LogP contribution in [0.4, 0.5) is 0 Å². The molecule has 0 aliphatic heterocycles. The van der Waals surface area contributed by atoms with Crippen molar-refractivity contribution in [2.24, 2.45) is 0 Å². The summed E-state index contributed by atoms with van der Waals surface area (Å²) in [5.74, 6) is 0.141. The molecule has 0 aromatic heterocycles. The largest absolute Gasteiger partial charge is 0.492 e. The van der Waals surface area contributed by atoms with Crippen molar-refractivity contribution >= 4 is 5.97 Å². The maximum absolute atomic E-state index is 10.8. The monoisotopic (exact) mass is 356 g/mol. The van der Waals surface area contributed by atoms with Gasteiger partial charge in [-0.25, -0.2) is 4.79 Å². The standard InChI is InChI=1S/C19H32O6/c1-4-18(3)24-16-14-23-13-12-21-10-8-6-7-9-11-22-15-17-25-19(20)5-2/h4-5H,1-3,6-17H2. The van der Waals surface area contributed by atoms with Crippen molar-refractivity contribution in [1.29, 1.82) is 0 Å². The lowest BCUT2D eigenvalue weighted by molar-refractivity contribution is -0.139. The Kier molecular flexibility index (Phi) is 17.5. The molecule has 144 valence electrons. The van der Waals surface area contributed by atoms with Gasteiger partial charge in [0, 0.05) is 19.3 Å². The second kappa shape index (κ2) is 18.7. The highest BCUT2D eigenvalue weighted by Gasteiger charge is 1.96. The highest BCUT2D eigenvalue weighted by atomic mass is 16.6. The third kappa shape index (κ3) is 18.5. The minimum absolute atomic E-state index is 0.274. The minimum atomic E-state index is -0.416. The lowest BCUT2D eigenvalue weighted by Crippen LogP contribution is -2.09. The summed E-state index contributed by atoms with van der Waals surface area (Å²) in [6, 6.07) is 0. The van der Waals surface area contributed by atoms with Crippen LogP contribution in [0.15, 0.2) is 37.6 Å². The van der Waals surface area contributed by atoms with Crippen molar-refractivity contribution in [2.75, 3.05) is 52.9 Å². The smallest absolute Gasteiger partial charge is 0.330 e. The van der Waals surface area contributed by atoms with E-state index in [-0.39, 0.29) is 6.61 Å². The molecule has 0 rings (SSSR count). The van der Waals surface area contributed by atoms with Crippen LogP contribution in [0.25, 0.3) is 0 Å². The molecule has 0 aromatic carbocycles. The molecule has 0 heterocycles. The Bertz CT molecular complexity index is 333. The summed E-state index contributed by atoms with van der Waals surface area (Å²) in [5.41, 5.74) is 0. The van der Waals surface area contributed by atoms with Gasteiger partial charge in [-0.1, -0.05) is 32.6 Å². The first-order valence-electron chi connectivity index (χ1n) is 8.67. The molecule has 25 heavy (non-hydrogen) atoms. The average Bonchev–Trinajstić information content (AvgIpc) is 2.63. The molecule has 0 N–H and O–H groups in total. The lowest BCUT2D eigenvalue weighted by atomic mass is 10.2. The average molecular weight is 356 g/mol. The third-order valence-corrected chi connectivity index (χ3v) is 3.08. The number of hydrogen-bond donors (Lipinski definition) is 0. The van der Waals surface area contributed by atoms with Crippen molar-refractivity contribution in [3.63, 3.8) is 0 Å². The van der Waals surface area contributed by atoms with Gasteiger partial charge in [0.1, 0.15) is 19.0 Å². The zero-order chi connectivity index (χ0) is 18.6. The van der Waals surface area contributed by atoms with Crippen LogP contribution in [0.3, 0.4) is 0 Å². The fourth-order valence-corrected chi connectivity index (χ4v) is 1.74. The molecule has 0 aromatic rings. The van der Waals surface area contributed by atoms with E-state index in [0.29, 0.717) is 45.4 Å². The first kappa shape index (κ1) is 23.4. The predicted molar refractivity (Wildman–Crippen MR) is 97.4 cm³/mol. The predicted octanol–water partition coefficient (Wildman–Crippen LogP) is 3.04. The number of rotatable bonds is 19. The van der Waals surface area contributed by atoms with Crippen molar-refractivity contribution < 1.29 is 28.5 Å². The number of carbonyl (C=O) groups is 1. The minimum Gasteiger partial charge on any atom is -0.492 e. The van der Waals surface area contributed by atoms with E-state index in [0.717, 1.165) is 38.4 Å².